The van der Waals surface area contributed by atoms with Crippen LogP contribution in [0.15, 0.2) is 0 Å². The molecule has 0 aromatic carbocycles. The van der Waals surface area contributed by atoms with Gasteiger partial charge in [0.25, 0.3) is 0 Å². The third-order valence-corrected chi connectivity index (χ3v) is 2.01. The highest BCUT2D eigenvalue weighted by molar-refractivity contribution is 7.79. The lowest BCUT2D eigenvalue weighted by atomic mass is 9.92. The highest BCUT2D eigenvalue weighted by Gasteiger charge is 2.18. The van der Waals surface area contributed by atoms with Crippen LogP contribution in [-0.4, -0.2) is 10.9 Å². The molecule has 0 aliphatic rings. The molecule has 0 amide bonds. The SMILES string of the molecule is CC(C)C(C)(N)C=S. The van der Waals surface area contributed by atoms with Gasteiger partial charge in [-0.25, -0.2) is 0 Å². The Hall–Kier alpha value is 0.0500. The van der Waals surface area contributed by atoms with Crippen molar-refractivity contribution < 1.29 is 0 Å². The van der Waals surface area contributed by atoms with Crippen molar-refractivity contribution in [3.05, 3.63) is 0 Å². The molecule has 2 heteroatoms. The maximum atomic E-state index is 5.70. The highest BCUT2D eigenvalue weighted by Crippen LogP contribution is 2.09. The highest BCUT2D eigenvalue weighted by atomic mass is 32.1. The Kier molecular flexibility index (Phi) is 2.57. The average Bonchev–Trinajstić information content (AvgIpc) is 1.67. The van der Waals surface area contributed by atoms with Crippen LogP contribution in [0.5, 0.6) is 0 Å². The zero-order chi connectivity index (χ0) is 6.78. The van der Waals surface area contributed by atoms with Crippen LogP contribution in [0.3, 0.4) is 0 Å². The van der Waals surface area contributed by atoms with E-state index in [0.29, 0.717) is 5.92 Å². The minimum Gasteiger partial charge on any atom is -0.321 e. The van der Waals surface area contributed by atoms with Crippen molar-refractivity contribution in [2.75, 3.05) is 0 Å². The molecule has 0 bridgehead atoms. The van der Waals surface area contributed by atoms with Gasteiger partial charge in [-0.15, -0.1) is 0 Å². The molecule has 8 heavy (non-hydrogen) atoms. The summed E-state index contributed by atoms with van der Waals surface area (Å²) in [6.45, 7) is 6.05. The molecule has 1 unspecified atom stereocenters. The monoisotopic (exact) mass is 131 g/mol. The molecule has 1 nitrogen and oxygen atoms in total. The molecule has 0 aromatic heterocycles. The lowest BCUT2D eigenvalue weighted by Gasteiger charge is -2.22. The molecule has 0 radical (unpaired) electrons. The fourth-order valence-electron chi connectivity index (χ4n) is 0.136. The second-order valence-corrected chi connectivity index (χ2v) is 2.87. The maximum absolute atomic E-state index is 5.70. The van der Waals surface area contributed by atoms with Crippen molar-refractivity contribution in [3.8, 4) is 0 Å². The summed E-state index contributed by atoms with van der Waals surface area (Å²) >= 11 is 4.71. The number of rotatable bonds is 2. The van der Waals surface area contributed by atoms with Gasteiger partial charge in [0.2, 0.25) is 0 Å². The molecular weight excluding hydrogens is 118 g/mol. The molecule has 0 spiro atoms. The number of thiocarbonyl (C=S) groups is 1. The van der Waals surface area contributed by atoms with E-state index in [2.05, 4.69) is 13.8 Å². The van der Waals surface area contributed by atoms with Crippen molar-refractivity contribution in [2.45, 2.75) is 26.3 Å². The van der Waals surface area contributed by atoms with Gasteiger partial charge in [-0.2, -0.15) is 0 Å². The molecular formula is C6H13NS. The van der Waals surface area contributed by atoms with E-state index in [1.54, 1.807) is 5.37 Å². The summed E-state index contributed by atoms with van der Waals surface area (Å²) in [5.41, 5.74) is 5.43. The quantitative estimate of drug-likeness (QED) is 0.573. The van der Waals surface area contributed by atoms with Gasteiger partial charge in [0.05, 0.1) is 0 Å². The van der Waals surface area contributed by atoms with Crippen molar-refractivity contribution in [3.63, 3.8) is 0 Å². The molecule has 0 aromatic rings. The normalized spacial score (nSPS) is 18.1. The first-order valence-corrected chi connectivity index (χ1v) is 3.23. The van der Waals surface area contributed by atoms with E-state index >= 15 is 0 Å². The van der Waals surface area contributed by atoms with Crippen molar-refractivity contribution >= 4 is 17.6 Å². The smallest absolute Gasteiger partial charge is 0.0437 e. The summed E-state index contributed by atoms with van der Waals surface area (Å²) in [5, 5.41) is 1.62. The van der Waals surface area contributed by atoms with Gasteiger partial charge in [0.15, 0.2) is 0 Å². The average molecular weight is 131 g/mol. The summed E-state index contributed by atoms with van der Waals surface area (Å²) in [4.78, 5) is 0. The predicted octanol–water partition coefficient (Wildman–Crippen LogP) is 1.36. The molecule has 0 fully saturated rings. The van der Waals surface area contributed by atoms with Gasteiger partial charge in [0, 0.05) is 5.54 Å². The van der Waals surface area contributed by atoms with Crippen LogP contribution >= 0.6 is 12.2 Å². The lowest BCUT2D eigenvalue weighted by Crippen LogP contribution is -2.42. The Morgan fingerprint density at radius 2 is 2.00 bits per heavy atom. The van der Waals surface area contributed by atoms with Gasteiger partial charge in [-0.05, 0) is 18.2 Å². The fraction of sp³-hybridized carbons (Fsp3) is 0.833. The van der Waals surface area contributed by atoms with Gasteiger partial charge in [0.1, 0.15) is 0 Å². The first-order valence-electron chi connectivity index (χ1n) is 2.76. The summed E-state index contributed by atoms with van der Waals surface area (Å²) in [6, 6.07) is 0. The van der Waals surface area contributed by atoms with Crippen LogP contribution in [0.4, 0.5) is 0 Å². The number of hydrogen-bond donors (Lipinski definition) is 1. The summed E-state index contributed by atoms with van der Waals surface area (Å²) in [6.07, 6.45) is 0. The van der Waals surface area contributed by atoms with E-state index in [-0.39, 0.29) is 5.54 Å². The van der Waals surface area contributed by atoms with E-state index in [4.69, 9.17) is 18.0 Å². The van der Waals surface area contributed by atoms with Crippen molar-refractivity contribution in [1.29, 1.82) is 0 Å². The van der Waals surface area contributed by atoms with E-state index in [1.165, 1.54) is 0 Å². The van der Waals surface area contributed by atoms with E-state index in [9.17, 15) is 0 Å². The van der Waals surface area contributed by atoms with Crippen LogP contribution in [0, 0.1) is 5.92 Å². The van der Waals surface area contributed by atoms with E-state index in [1.807, 2.05) is 6.92 Å². The Morgan fingerprint density at radius 1 is 1.62 bits per heavy atom. The second-order valence-electron chi connectivity index (χ2n) is 2.64. The molecule has 2 N–H and O–H groups in total. The Bertz CT molecular complexity index is 86.5. The minimum absolute atomic E-state index is 0.269. The maximum Gasteiger partial charge on any atom is 0.0437 e. The summed E-state index contributed by atoms with van der Waals surface area (Å²) in [5.74, 6) is 0.431. The van der Waals surface area contributed by atoms with Gasteiger partial charge in [-0.1, -0.05) is 26.1 Å². The molecule has 0 heterocycles. The van der Waals surface area contributed by atoms with Crippen molar-refractivity contribution in [2.24, 2.45) is 11.7 Å². The zero-order valence-corrected chi connectivity index (χ0v) is 6.46. The molecule has 48 valence electrons. The van der Waals surface area contributed by atoms with E-state index < -0.39 is 0 Å². The van der Waals surface area contributed by atoms with Crippen molar-refractivity contribution in [1.82, 2.24) is 0 Å². The number of nitrogens with two attached hydrogens (primary N) is 1. The van der Waals surface area contributed by atoms with E-state index in [0.717, 1.165) is 0 Å². The third-order valence-electron chi connectivity index (χ3n) is 1.50. The van der Waals surface area contributed by atoms with Crippen LogP contribution < -0.4 is 5.73 Å². The Labute approximate surface area is 56.3 Å². The first kappa shape index (κ1) is 8.05. The second kappa shape index (κ2) is 2.55. The van der Waals surface area contributed by atoms with Gasteiger partial charge < -0.3 is 5.73 Å². The van der Waals surface area contributed by atoms with Crippen LogP contribution in [-0.2, 0) is 0 Å². The standard InChI is InChI=1S/C6H13NS/c1-5(2)6(3,7)4-8/h4-5H,7H2,1-3H3. The number of hydrogen-bond acceptors (Lipinski definition) is 2. The zero-order valence-electron chi connectivity index (χ0n) is 5.64. The summed E-state index contributed by atoms with van der Waals surface area (Å²) in [7, 11) is 0. The molecule has 0 aliphatic carbocycles. The molecule has 0 aliphatic heterocycles. The van der Waals surface area contributed by atoms with Crippen LogP contribution in [0.2, 0.25) is 0 Å². The Balaban J connectivity index is 3.90. The van der Waals surface area contributed by atoms with Gasteiger partial charge in [-0.3, -0.25) is 0 Å². The predicted molar refractivity (Wildman–Crippen MR) is 41.1 cm³/mol. The first-order chi connectivity index (χ1) is 3.50. The topological polar surface area (TPSA) is 26.0 Å². The Morgan fingerprint density at radius 3 is 2.00 bits per heavy atom. The third kappa shape index (κ3) is 1.88. The fourth-order valence-corrected chi connectivity index (χ4v) is 0.408. The molecule has 0 rings (SSSR count). The minimum atomic E-state index is -0.269. The van der Waals surface area contributed by atoms with Crippen LogP contribution in [0.1, 0.15) is 20.8 Å². The summed E-state index contributed by atoms with van der Waals surface area (Å²) < 4.78 is 0. The van der Waals surface area contributed by atoms with Gasteiger partial charge >= 0.3 is 0 Å². The van der Waals surface area contributed by atoms with Crippen LogP contribution in [0.25, 0.3) is 0 Å². The largest absolute Gasteiger partial charge is 0.321 e. The lowest BCUT2D eigenvalue weighted by molar-refractivity contribution is 0.460. The molecule has 1 atom stereocenters. The molecule has 0 saturated heterocycles. The molecule has 0 saturated carbocycles.